The van der Waals surface area contributed by atoms with Gasteiger partial charge in [-0.15, -0.1) is 10.0 Å². The number of fused-ring (bicyclic) bond motifs is 1. The minimum absolute atomic E-state index is 0.271. The topological polar surface area (TPSA) is 73.0 Å². The number of nitrogens with zero attached hydrogens (tertiary/aromatic N) is 5. The number of aromatic nitrogens is 4. The van der Waals surface area contributed by atoms with Crippen molar-refractivity contribution >= 4 is 16.7 Å². The molecule has 0 unspecified atom stereocenters. The predicted molar refractivity (Wildman–Crippen MR) is 41.8 cm³/mol. The van der Waals surface area contributed by atoms with Crippen molar-refractivity contribution in [3.05, 3.63) is 17.3 Å². The molecular formula is C6H5N5O. The van der Waals surface area contributed by atoms with E-state index in [1.54, 1.807) is 13.2 Å². The summed E-state index contributed by atoms with van der Waals surface area (Å²) in [5.41, 5.74) is 0.834. The van der Waals surface area contributed by atoms with Gasteiger partial charge in [-0.3, -0.25) is 0 Å². The van der Waals surface area contributed by atoms with E-state index < -0.39 is 0 Å². The molecule has 0 spiro atoms. The zero-order valence-electron chi connectivity index (χ0n) is 6.30. The Morgan fingerprint density at radius 3 is 3.08 bits per heavy atom. The first-order valence-electron chi connectivity index (χ1n) is 3.29. The molecule has 0 atom stereocenters. The molecule has 0 saturated heterocycles. The second-order valence-corrected chi connectivity index (χ2v) is 2.33. The molecule has 6 nitrogen and oxygen atoms in total. The van der Waals surface area contributed by atoms with Gasteiger partial charge in [0.05, 0.1) is 17.8 Å². The van der Waals surface area contributed by atoms with Crippen molar-refractivity contribution in [2.45, 2.75) is 0 Å². The smallest absolute Gasteiger partial charge is 0.182 e. The Balaban J connectivity index is 2.89. The van der Waals surface area contributed by atoms with E-state index in [4.69, 9.17) is 0 Å². The molecule has 0 aromatic carbocycles. The summed E-state index contributed by atoms with van der Waals surface area (Å²) in [6.07, 6.45) is 2.86. The van der Waals surface area contributed by atoms with E-state index >= 15 is 0 Å². The fourth-order valence-corrected chi connectivity index (χ4v) is 1.01. The standard InChI is InChI=1S/C6H5N5O/c1-11-6-4(2-8-11)5(10-12)3-7-9-6/h2-3H,1H3. The van der Waals surface area contributed by atoms with Crippen LogP contribution in [0.4, 0.5) is 5.69 Å². The first kappa shape index (κ1) is 6.84. The molecular weight excluding hydrogens is 158 g/mol. The van der Waals surface area contributed by atoms with Crippen LogP contribution in [0.15, 0.2) is 17.6 Å². The van der Waals surface area contributed by atoms with Gasteiger partial charge in [0.2, 0.25) is 0 Å². The highest BCUT2D eigenvalue weighted by molar-refractivity contribution is 5.85. The van der Waals surface area contributed by atoms with Crippen molar-refractivity contribution in [3.63, 3.8) is 0 Å². The molecule has 0 aliphatic rings. The Morgan fingerprint density at radius 1 is 1.50 bits per heavy atom. The number of hydrogen-bond donors (Lipinski definition) is 0. The average Bonchev–Trinajstić information content (AvgIpc) is 2.48. The van der Waals surface area contributed by atoms with E-state index in [1.807, 2.05) is 0 Å². The second kappa shape index (κ2) is 2.33. The summed E-state index contributed by atoms with van der Waals surface area (Å²) in [6.45, 7) is 0. The van der Waals surface area contributed by atoms with Crippen LogP contribution in [0.3, 0.4) is 0 Å². The van der Waals surface area contributed by atoms with Gasteiger partial charge in [-0.25, -0.2) is 4.68 Å². The highest BCUT2D eigenvalue weighted by Crippen LogP contribution is 2.21. The van der Waals surface area contributed by atoms with Gasteiger partial charge >= 0.3 is 0 Å². The van der Waals surface area contributed by atoms with E-state index in [2.05, 4.69) is 20.5 Å². The molecule has 0 radical (unpaired) electrons. The van der Waals surface area contributed by atoms with E-state index in [1.165, 1.54) is 10.9 Å². The second-order valence-electron chi connectivity index (χ2n) is 2.33. The minimum atomic E-state index is 0.271. The molecule has 0 aliphatic carbocycles. The fourth-order valence-electron chi connectivity index (χ4n) is 1.01. The van der Waals surface area contributed by atoms with Crippen LogP contribution in [0.1, 0.15) is 0 Å². The molecule has 2 aromatic rings. The molecule has 0 aliphatic heterocycles. The van der Waals surface area contributed by atoms with Crippen molar-refractivity contribution in [2.75, 3.05) is 0 Å². The highest BCUT2D eigenvalue weighted by Gasteiger charge is 2.06. The van der Waals surface area contributed by atoms with Gasteiger partial charge in [-0.05, 0) is 5.18 Å². The molecule has 2 rings (SSSR count). The quantitative estimate of drug-likeness (QED) is 0.582. The molecule has 6 heteroatoms. The van der Waals surface area contributed by atoms with Gasteiger partial charge in [0.1, 0.15) is 5.69 Å². The lowest BCUT2D eigenvalue weighted by Gasteiger charge is -1.91. The Bertz CT molecular complexity index is 434. The van der Waals surface area contributed by atoms with Crippen LogP contribution in [0, 0.1) is 4.91 Å². The maximum atomic E-state index is 10.3. The summed E-state index contributed by atoms with van der Waals surface area (Å²) in [6, 6.07) is 0. The summed E-state index contributed by atoms with van der Waals surface area (Å²) in [5, 5.41) is 14.8. The summed E-state index contributed by atoms with van der Waals surface area (Å²) >= 11 is 0. The largest absolute Gasteiger partial charge is 0.249 e. The lowest BCUT2D eigenvalue weighted by molar-refractivity contribution is 0.777. The van der Waals surface area contributed by atoms with Gasteiger partial charge in [0, 0.05) is 7.05 Å². The van der Waals surface area contributed by atoms with Crippen LogP contribution in [0.25, 0.3) is 11.0 Å². The zero-order valence-corrected chi connectivity index (χ0v) is 6.30. The van der Waals surface area contributed by atoms with Crippen molar-refractivity contribution in [2.24, 2.45) is 12.2 Å². The van der Waals surface area contributed by atoms with Crippen molar-refractivity contribution in [1.82, 2.24) is 20.0 Å². The third-order valence-corrected chi connectivity index (χ3v) is 1.61. The maximum absolute atomic E-state index is 10.3. The molecule has 2 aromatic heterocycles. The number of nitroso groups, excluding NO2 is 1. The van der Waals surface area contributed by atoms with E-state index in [-0.39, 0.29) is 5.69 Å². The molecule has 0 amide bonds. The number of hydrogen-bond acceptors (Lipinski definition) is 5. The Hall–Kier alpha value is -1.85. The van der Waals surface area contributed by atoms with E-state index in [0.29, 0.717) is 11.0 Å². The fraction of sp³-hybridized carbons (Fsp3) is 0.167. The van der Waals surface area contributed by atoms with Crippen LogP contribution in [-0.4, -0.2) is 20.0 Å². The van der Waals surface area contributed by atoms with Crippen LogP contribution < -0.4 is 0 Å². The van der Waals surface area contributed by atoms with Crippen LogP contribution in [-0.2, 0) is 7.05 Å². The van der Waals surface area contributed by atoms with Crippen LogP contribution in [0.5, 0.6) is 0 Å². The molecule has 60 valence electrons. The van der Waals surface area contributed by atoms with Crippen molar-refractivity contribution in [1.29, 1.82) is 0 Å². The Morgan fingerprint density at radius 2 is 2.33 bits per heavy atom. The van der Waals surface area contributed by atoms with Gasteiger partial charge in [0.25, 0.3) is 0 Å². The van der Waals surface area contributed by atoms with Gasteiger partial charge in [-0.2, -0.15) is 10.2 Å². The summed E-state index contributed by atoms with van der Waals surface area (Å²) in [7, 11) is 1.73. The summed E-state index contributed by atoms with van der Waals surface area (Å²) < 4.78 is 1.54. The first-order valence-corrected chi connectivity index (χ1v) is 3.29. The maximum Gasteiger partial charge on any atom is 0.182 e. The average molecular weight is 163 g/mol. The highest BCUT2D eigenvalue weighted by atomic mass is 16.3. The van der Waals surface area contributed by atoms with E-state index in [9.17, 15) is 4.91 Å². The molecule has 0 fully saturated rings. The Kier molecular flexibility index (Phi) is 1.33. The van der Waals surface area contributed by atoms with Crippen LogP contribution >= 0.6 is 0 Å². The number of aryl methyl sites for hydroxylation is 1. The normalized spacial score (nSPS) is 10.4. The third-order valence-electron chi connectivity index (χ3n) is 1.61. The zero-order chi connectivity index (χ0) is 8.55. The predicted octanol–water partition coefficient (Wildman–Crippen LogP) is 0.761. The molecule has 0 N–H and O–H groups in total. The summed E-state index contributed by atoms with van der Waals surface area (Å²) in [4.78, 5) is 10.3. The molecule has 2 heterocycles. The minimum Gasteiger partial charge on any atom is -0.249 e. The lowest BCUT2D eigenvalue weighted by Crippen LogP contribution is -1.92. The molecule has 0 saturated carbocycles. The van der Waals surface area contributed by atoms with Gasteiger partial charge in [0.15, 0.2) is 5.65 Å². The van der Waals surface area contributed by atoms with E-state index in [0.717, 1.165) is 0 Å². The third kappa shape index (κ3) is 0.777. The summed E-state index contributed by atoms with van der Waals surface area (Å²) in [5.74, 6) is 0. The SMILES string of the molecule is Cn1ncc2c(N=O)cnnc21. The van der Waals surface area contributed by atoms with Crippen molar-refractivity contribution < 1.29 is 0 Å². The molecule has 12 heavy (non-hydrogen) atoms. The molecule has 0 bridgehead atoms. The number of rotatable bonds is 1. The van der Waals surface area contributed by atoms with Crippen LogP contribution in [0.2, 0.25) is 0 Å². The first-order chi connectivity index (χ1) is 5.83. The Labute approximate surface area is 67.2 Å². The van der Waals surface area contributed by atoms with Gasteiger partial charge < -0.3 is 0 Å². The monoisotopic (exact) mass is 163 g/mol. The lowest BCUT2D eigenvalue weighted by atomic mass is 10.3. The van der Waals surface area contributed by atoms with Gasteiger partial charge in [-0.1, -0.05) is 0 Å². The van der Waals surface area contributed by atoms with Crippen molar-refractivity contribution in [3.8, 4) is 0 Å².